The topological polar surface area (TPSA) is 60.1 Å². The van der Waals surface area contributed by atoms with Crippen molar-refractivity contribution in [1.29, 1.82) is 0 Å². The normalized spacial score (nSPS) is 10.6. The summed E-state index contributed by atoms with van der Waals surface area (Å²) in [5, 5.41) is 3.23. The summed E-state index contributed by atoms with van der Waals surface area (Å²) in [6, 6.07) is 3.45. The van der Waals surface area contributed by atoms with Crippen LogP contribution in [-0.2, 0) is 13.1 Å². The molecule has 2 heterocycles. The van der Waals surface area contributed by atoms with Crippen LogP contribution in [0.1, 0.15) is 11.3 Å². The van der Waals surface area contributed by atoms with Crippen LogP contribution in [0.15, 0.2) is 40.2 Å². The molecular weight excluding hydrogens is 218 g/mol. The average Bonchev–Trinajstić information content (AvgIpc) is 2.79. The predicted molar refractivity (Wildman–Crippen MR) is 63.6 cm³/mol. The number of rotatable bonds is 5. The summed E-state index contributed by atoms with van der Waals surface area (Å²) >= 11 is 0. The molecule has 0 spiro atoms. The fourth-order valence-corrected chi connectivity index (χ4v) is 1.51. The average molecular weight is 233 g/mol. The zero-order chi connectivity index (χ0) is 12.1. The van der Waals surface area contributed by atoms with E-state index in [1.807, 2.05) is 13.0 Å². The van der Waals surface area contributed by atoms with Crippen LogP contribution < -0.4 is 10.9 Å². The number of aromatic nitrogens is 2. The van der Waals surface area contributed by atoms with Crippen LogP contribution in [0.5, 0.6) is 0 Å². The summed E-state index contributed by atoms with van der Waals surface area (Å²) in [6.07, 6.45) is 4.93. The summed E-state index contributed by atoms with van der Waals surface area (Å²) in [4.78, 5) is 15.6. The molecule has 0 aromatic carbocycles. The largest absolute Gasteiger partial charge is 0.472 e. The third-order valence-electron chi connectivity index (χ3n) is 2.45. The molecule has 0 atom stereocenters. The maximum Gasteiger partial charge on any atom is 0.253 e. The Bertz CT molecular complexity index is 517. The van der Waals surface area contributed by atoms with E-state index >= 15 is 0 Å². The zero-order valence-electron chi connectivity index (χ0n) is 9.72. The summed E-state index contributed by atoms with van der Waals surface area (Å²) in [7, 11) is 0. The Labute approximate surface area is 99.1 Å². The van der Waals surface area contributed by atoms with Gasteiger partial charge in [0, 0.05) is 37.0 Å². The minimum Gasteiger partial charge on any atom is -0.472 e. The maximum absolute atomic E-state index is 11.5. The highest BCUT2D eigenvalue weighted by atomic mass is 16.3. The summed E-state index contributed by atoms with van der Waals surface area (Å²) in [5.74, 6) is 0. The van der Waals surface area contributed by atoms with E-state index in [2.05, 4.69) is 10.3 Å². The summed E-state index contributed by atoms with van der Waals surface area (Å²) in [5.41, 5.74) is 1.83. The molecule has 90 valence electrons. The van der Waals surface area contributed by atoms with Crippen molar-refractivity contribution < 1.29 is 4.42 Å². The molecule has 0 saturated heterocycles. The molecule has 0 bridgehead atoms. The lowest BCUT2D eigenvalue weighted by Gasteiger charge is -2.06. The molecule has 5 nitrogen and oxygen atoms in total. The number of aryl methyl sites for hydroxylation is 1. The molecule has 0 unspecified atom stereocenters. The Kier molecular flexibility index (Phi) is 3.72. The highest BCUT2D eigenvalue weighted by Gasteiger charge is 1.97. The van der Waals surface area contributed by atoms with Crippen molar-refractivity contribution in [2.75, 3.05) is 6.54 Å². The molecule has 0 aliphatic rings. The van der Waals surface area contributed by atoms with Crippen LogP contribution in [0.4, 0.5) is 0 Å². The Hall–Kier alpha value is -1.88. The molecule has 5 heteroatoms. The van der Waals surface area contributed by atoms with Crippen molar-refractivity contribution in [3.05, 3.63) is 52.6 Å². The van der Waals surface area contributed by atoms with Gasteiger partial charge < -0.3 is 9.73 Å². The monoisotopic (exact) mass is 233 g/mol. The van der Waals surface area contributed by atoms with E-state index in [0.717, 1.165) is 24.3 Å². The second kappa shape index (κ2) is 5.45. The molecule has 0 amide bonds. The van der Waals surface area contributed by atoms with Gasteiger partial charge in [0.25, 0.3) is 5.56 Å². The Morgan fingerprint density at radius 1 is 1.53 bits per heavy atom. The quantitative estimate of drug-likeness (QED) is 0.781. The van der Waals surface area contributed by atoms with E-state index in [9.17, 15) is 4.79 Å². The zero-order valence-corrected chi connectivity index (χ0v) is 9.72. The SMILES string of the molecule is Cc1cc(=O)n(CCNCc2ccoc2)cn1. The molecule has 0 saturated carbocycles. The predicted octanol–water partition coefficient (Wildman–Crippen LogP) is 0.935. The number of nitrogens with zero attached hydrogens (tertiary/aromatic N) is 2. The molecule has 0 radical (unpaired) electrons. The molecular formula is C12H15N3O2. The number of furan rings is 1. The van der Waals surface area contributed by atoms with E-state index in [-0.39, 0.29) is 5.56 Å². The molecule has 2 rings (SSSR count). The van der Waals surface area contributed by atoms with Crippen molar-refractivity contribution in [2.24, 2.45) is 0 Å². The minimum atomic E-state index is -0.0115. The molecule has 0 fully saturated rings. The van der Waals surface area contributed by atoms with Crippen molar-refractivity contribution in [1.82, 2.24) is 14.9 Å². The fourth-order valence-electron chi connectivity index (χ4n) is 1.51. The molecule has 0 aliphatic heterocycles. The van der Waals surface area contributed by atoms with Crippen molar-refractivity contribution in [3.8, 4) is 0 Å². The van der Waals surface area contributed by atoms with Crippen LogP contribution in [-0.4, -0.2) is 16.1 Å². The Morgan fingerprint density at radius 2 is 2.41 bits per heavy atom. The van der Waals surface area contributed by atoms with Gasteiger partial charge in [-0.2, -0.15) is 0 Å². The molecule has 2 aromatic rings. The smallest absolute Gasteiger partial charge is 0.253 e. The second-order valence-corrected chi connectivity index (χ2v) is 3.87. The van der Waals surface area contributed by atoms with Gasteiger partial charge in [-0.15, -0.1) is 0 Å². The first-order valence-corrected chi connectivity index (χ1v) is 5.50. The maximum atomic E-state index is 11.5. The van der Waals surface area contributed by atoms with Gasteiger partial charge in [-0.05, 0) is 13.0 Å². The first kappa shape index (κ1) is 11.6. The van der Waals surface area contributed by atoms with E-state index in [1.165, 1.54) is 6.07 Å². The first-order valence-electron chi connectivity index (χ1n) is 5.50. The van der Waals surface area contributed by atoms with E-state index < -0.39 is 0 Å². The second-order valence-electron chi connectivity index (χ2n) is 3.87. The van der Waals surface area contributed by atoms with Crippen molar-refractivity contribution >= 4 is 0 Å². The van der Waals surface area contributed by atoms with Gasteiger partial charge in [0.05, 0.1) is 18.9 Å². The lowest BCUT2D eigenvalue weighted by Crippen LogP contribution is -2.26. The standard InChI is InChI=1S/C12H15N3O2/c1-10-6-12(16)15(9-14-10)4-3-13-7-11-2-5-17-8-11/h2,5-6,8-9,13H,3-4,7H2,1H3. The van der Waals surface area contributed by atoms with Gasteiger partial charge in [-0.25, -0.2) is 4.98 Å². The molecule has 17 heavy (non-hydrogen) atoms. The van der Waals surface area contributed by atoms with Crippen LogP contribution in [0.25, 0.3) is 0 Å². The highest BCUT2D eigenvalue weighted by molar-refractivity contribution is 5.04. The summed E-state index contributed by atoms with van der Waals surface area (Å²) in [6.45, 7) is 3.88. The van der Waals surface area contributed by atoms with Crippen LogP contribution in [0, 0.1) is 6.92 Å². The van der Waals surface area contributed by atoms with Gasteiger partial charge in [0.15, 0.2) is 0 Å². The third kappa shape index (κ3) is 3.29. The van der Waals surface area contributed by atoms with Crippen molar-refractivity contribution in [3.63, 3.8) is 0 Å². The Morgan fingerprint density at radius 3 is 3.12 bits per heavy atom. The Balaban J connectivity index is 1.80. The molecule has 1 N–H and O–H groups in total. The highest BCUT2D eigenvalue weighted by Crippen LogP contribution is 1.97. The van der Waals surface area contributed by atoms with Crippen LogP contribution in [0.2, 0.25) is 0 Å². The summed E-state index contributed by atoms with van der Waals surface area (Å²) < 4.78 is 6.55. The lowest BCUT2D eigenvalue weighted by molar-refractivity contribution is 0.552. The third-order valence-corrected chi connectivity index (χ3v) is 2.45. The fraction of sp³-hybridized carbons (Fsp3) is 0.333. The van der Waals surface area contributed by atoms with Gasteiger partial charge in [0.2, 0.25) is 0 Å². The van der Waals surface area contributed by atoms with E-state index in [0.29, 0.717) is 6.54 Å². The molecule has 2 aromatic heterocycles. The van der Waals surface area contributed by atoms with Gasteiger partial charge in [-0.3, -0.25) is 9.36 Å². The van der Waals surface area contributed by atoms with E-state index in [1.54, 1.807) is 23.4 Å². The van der Waals surface area contributed by atoms with Crippen LogP contribution >= 0.6 is 0 Å². The number of hydrogen-bond acceptors (Lipinski definition) is 4. The first-order chi connectivity index (χ1) is 8.25. The van der Waals surface area contributed by atoms with E-state index in [4.69, 9.17) is 4.42 Å². The van der Waals surface area contributed by atoms with Gasteiger partial charge in [-0.1, -0.05) is 0 Å². The minimum absolute atomic E-state index is 0.0115. The van der Waals surface area contributed by atoms with Crippen LogP contribution in [0.3, 0.4) is 0 Å². The van der Waals surface area contributed by atoms with Gasteiger partial charge in [0.1, 0.15) is 0 Å². The number of hydrogen-bond donors (Lipinski definition) is 1. The molecule has 0 aliphatic carbocycles. The lowest BCUT2D eigenvalue weighted by atomic mass is 10.3. The number of nitrogens with one attached hydrogen (secondary N) is 1. The van der Waals surface area contributed by atoms with Crippen molar-refractivity contribution in [2.45, 2.75) is 20.0 Å². The van der Waals surface area contributed by atoms with Gasteiger partial charge >= 0.3 is 0 Å².